The molecule has 1 aromatic rings. The highest BCUT2D eigenvalue weighted by molar-refractivity contribution is 5.97. The lowest BCUT2D eigenvalue weighted by Gasteiger charge is -2.17. The van der Waals surface area contributed by atoms with E-state index in [0.717, 1.165) is 18.7 Å². The number of carbonyl (C=O) groups excluding carboxylic acids is 1. The molecule has 0 aliphatic rings. The molecule has 0 saturated heterocycles. The Morgan fingerprint density at radius 2 is 1.95 bits per heavy atom. The quantitative estimate of drug-likeness (QED) is 0.806. The van der Waals surface area contributed by atoms with Gasteiger partial charge in [0.2, 0.25) is 0 Å². The van der Waals surface area contributed by atoms with Gasteiger partial charge in [0.05, 0.1) is 11.8 Å². The number of aromatic nitrogens is 2. The largest absolute Gasteiger partial charge is 0.480 e. The van der Waals surface area contributed by atoms with Crippen LogP contribution in [0.15, 0.2) is 6.20 Å². The van der Waals surface area contributed by atoms with Crippen LogP contribution in [0.1, 0.15) is 50.2 Å². The minimum Gasteiger partial charge on any atom is -0.480 e. The number of nitrogens with one attached hydrogen (secondary N) is 1. The number of aryl methyl sites for hydroxylation is 1. The van der Waals surface area contributed by atoms with Gasteiger partial charge in [-0.05, 0) is 25.2 Å². The fourth-order valence-electron chi connectivity index (χ4n) is 2.01. The molecule has 0 saturated carbocycles. The van der Waals surface area contributed by atoms with Gasteiger partial charge >= 0.3 is 5.97 Å². The SMILES string of the molecule is Cc1c(C(=O)N[C@@H](C(=O)O)C(C)C)cnn1CCC(C)C. The van der Waals surface area contributed by atoms with Crippen molar-refractivity contribution in [3.8, 4) is 0 Å². The van der Waals surface area contributed by atoms with Crippen LogP contribution in [-0.4, -0.2) is 32.8 Å². The predicted octanol–water partition coefficient (Wildman–Crippen LogP) is 2.08. The first-order chi connectivity index (χ1) is 9.73. The van der Waals surface area contributed by atoms with Crippen molar-refractivity contribution in [1.82, 2.24) is 15.1 Å². The first kappa shape index (κ1) is 17.2. The standard InChI is InChI=1S/C15H25N3O3/c1-9(2)6-7-18-11(5)12(8-16-18)14(19)17-13(10(3)4)15(20)21/h8-10,13H,6-7H2,1-5H3,(H,17,19)(H,20,21)/t13-/m1/s1. The normalized spacial score (nSPS) is 12.7. The number of rotatable bonds is 7. The number of aliphatic carboxylic acids is 1. The van der Waals surface area contributed by atoms with Crippen molar-refractivity contribution < 1.29 is 14.7 Å². The highest BCUT2D eigenvalue weighted by Crippen LogP contribution is 2.11. The highest BCUT2D eigenvalue weighted by Gasteiger charge is 2.25. The second-order valence-corrected chi connectivity index (χ2v) is 6.08. The van der Waals surface area contributed by atoms with E-state index in [9.17, 15) is 9.59 Å². The van der Waals surface area contributed by atoms with Crippen LogP contribution in [-0.2, 0) is 11.3 Å². The van der Waals surface area contributed by atoms with Crippen LogP contribution in [0.5, 0.6) is 0 Å². The van der Waals surface area contributed by atoms with E-state index >= 15 is 0 Å². The van der Waals surface area contributed by atoms with Crippen molar-refractivity contribution in [2.24, 2.45) is 11.8 Å². The van der Waals surface area contributed by atoms with Crippen molar-refractivity contribution in [1.29, 1.82) is 0 Å². The van der Waals surface area contributed by atoms with Gasteiger partial charge in [-0.3, -0.25) is 9.48 Å². The summed E-state index contributed by atoms with van der Waals surface area (Å²) in [7, 11) is 0. The number of nitrogens with zero attached hydrogens (tertiary/aromatic N) is 2. The van der Waals surface area contributed by atoms with Crippen molar-refractivity contribution in [2.75, 3.05) is 0 Å². The number of carboxylic acids is 1. The zero-order valence-electron chi connectivity index (χ0n) is 13.4. The van der Waals surface area contributed by atoms with Gasteiger partial charge < -0.3 is 10.4 Å². The zero-order valence-corrected chi connectivity index (χ0v) is 13.4. The average Bonchev–Trinajstić information content (AvgIpc) is 2.73. The molecule has 0 fully saturated rings. The van der Waals surface area contributed by atoms with Crippen molar-refractivity contribution in [2.45, 2.75) is 53.6 Å². The minimum absolute atomic E-state index is 0.178. The fourth-order valence-corrected chi connectivity index (χ4v) is 2.01. The summed E-state index contributed by atoms with van der Waals surface area (Å²) >= 11 is 0. The Morgan fingerprint density at radius 1 is 1.33 bits per heavy atom. The topological polar surface area (TPSA) is 84.2 Å². The van der Waals surface area contributed by atoms with Crippen LogP contribution in [0.2, 0.25) is 0 Å². The summed E-state index contributed by atoms with van der Waals surface area (Å²) in [5, 5.41) is 15.9. The van der Waals surface area contributed by atoms with Gasteiger partial charge in [-0.2, -0.15) is 5.10 Å². The lowest BCUT2D eigenvalue weighted by molar-refractivity contribution is -0.140. The first-order valence-corrected chi connectivity index (χ1v) is 7.30. The Balaban J connectivity index is 2.81. The summed E-state index contributed by atoms with van der Waals surface area (Å²) in [5.74, 6) is -1.03. The molecular weight excluding hydrogens is 270 g/mol. The van der Waals surface area contributed by atoms with Gasteiger partial charge in [-0.15, -0.1) is 0 Å². The second kappa shape index (κ2) is 7.24. The van der Waals surface area contributed by atoms with E-state index < -0.39 is 12.0 Å². The average molecular weight is 295 g/mol. The van der Waals surface area contributed by atoms with Crippen LogP contribution < -0.4 is 5.32 Å². The summed E-state index contributed by atoms with van der Waals surface area (Å²) in [4.78, 5) is 23.3. The lowest BCUT2D eigenvalue weighted by Crippen LogP contribution is -2.44. The van der Waals surface area contributed by atoms with Gasteiger partial charge in [0.15, 0.2) is 0 Å². The molecule has 0 aliphatic carbocycles. The third-order valence-electron chi connectivity index (χ3n) is 3.49. The highest BCUT2D eigenvalue weighted by atomic mass is 16.4. The Hall–Kier alpha value is -1.85. The molecule has 21 heavy (non-hydrogen) atoms. The second-order valence-electron chi connectivity index (χ2n) is 6.08. The Labute approximate surface area is 125 Å². The fraction of sp³-hybridized carbons (Fsp3) is 0.667. The molecule has 0 bridgehead atoms. The Bertz CT molecular complexity index is 506. The maximum absolute atomic E-state index is 12.2. The van der Waals surface area contributed by atoms with Crippen LogP contribution in [0.4, 0.5) is 0 Å². The molecule has 1 amide bonds. The van der Waals surface area contributed by atoms with E-state index in [1.54, 1.807) is 18.5 Å². The van der Waals surface area contributed by atoms with E-state index in [1.165, 1.54) is 6.20 Å². The first-order valence-electron chi connectivity index (χ1n) is 7.30. The molecule has 1 heterocycles. The number of amides is 1. The molecule has 0 radical (unpaired) electrons. The van der Waals surface area contributed by atoms with E-state index in [0.29, 0.717) is 11.5 Å². The third kappa shape index (κ3) is 4.58. The number of carboxylic acid groups (broad SMARTS) is 1. The van der Waals surface area contributed by atoms with Crippen LogP contribution in [0.25, 0.3) is 0 Å². The van der Waals surface area contributed by atoms with E-state index in [-0.39, 0.29) is 11.8 Å². The molecule has 6 heteroatoms. The van der Waals surface area contributed by atoms with Crippen molar-refractivity contribution in [3.05, 3.63) is 17.5 Å². The monoisotopic (exact) mass is 295 g/mol. The van der Waals surface area contributed by atoms with E-state index in [4.69, 9.17) is 5.11 Å². The van der Waals surface area contributed by atoms with Crippen LogP contribution >= 0.6 is 0 Å². The molecule has 1 aromatic heterocycles. The molecule has 2 N–H and O–H groups in total. The summed E-state index contributed by atoms with van der Waals surface area (Å²) in [6.07, 6.45) is 2.48. The number of hydrogen-bond acceptors (Lipinski definition) is 3. The molecule has 0 aromatic carbocycles. The van der Waals surface area contributed by atoms with Gasteiger partial charge in [0, 0.05) is 12.2 Å². The summed E-state index contributed by atoms with van der Waals surface area (Å²) in [6.45, 7) is 10.4. The smallest absolute Gasteiger partial charge is 0.326 e. The molecule has 0 aliphatic heterocycles. The summed E-state index contributed by atoms with van der Waals surface area (Å²) in [6, 6.07) is -0.893. The van der Waals surface area contributed by atoms with Gasteiger partial charge in [-0.25, -0.2) is 4.79 Å². The molecular formula is C15H25N3O3. The Morgan fingerprint density at radius 3 is 2.43 bits per heavy atom. The van der Waals surface area contributed by atoms with Gasteiger partial charge in [0.1, 0.15) is 6.04 Å². The van der Waals surface area contributed by atoms with E-state index in [2.05, 4.69) is 24.3 Å². The Kier molecular flexibility index (Phi) is 5.93. The number of hydrogen-bond donors (Lipinski definition) is 2. The zero-order chi connectivity index (χ0) is 16.2. The lowest BCUT2D eigenvalue weighted by atomic mass is 10.0. The van der Waals surface area contributed by atoms with Crippen molar-refractivity contribution in [3.63, 3.8) is 0 Å². The molecule has 1 rings (SSSR count). The van der Waals surface area contributed by atoms with E-state index in [1.807, 2.05) is 6.92 Å². The van der Waals surface area contributed by atoms with Gasteiger partial charge in [0.25, 0.3) is 5.91 Å². The maximum Gasteiger partial charge on any atom is 0.326 e. The molecule has 0 unspecified atom stereocenters. The van der Waals surface area contributed by atoms with Crippen LogP contribution in [0, 0.1) is 18.8 Å². The molecule has 118 valence electrons. The third-order valence-corrected chi connectivity index (χ3v) is 3.49. The molecule has 0 spiro atoms. The summed E-state index contributed by atoms with van der Waals surface area (Å²) in [5.41, 5.74) is 1.20. The van der Waals surface area contributed by atoms with Gasteiger partial charge in [-0.1, -0.05) is 27.7 Å². The van der Waals surface area contributed by atoms with Crippen molar-refractivity contribution >= 4 is 11.9 Å². The molecule has 6 nitrogen and oxygen atoms in total. The predicted molar refractivity (Wildman–Crippen MR) is 80.1 cm³/mol. The molecule has 1 atom stereocenters. The van der Waals surface area contributed by atoms with Crippen LogP contribution in [0.3, 0.4) is 0 Å². The summed E-state index contributed by atoms with van der Waals surface area (Å²) < 4.78 is 1.79. The minimum atomic E-state index is -1.02. The maximum atomic E-state index is 12.2. The number of carbonyl (C=O) groups is 2.